The first kappa shape index (κ1) is 9.96. The van der Waals surface area contributed by atoms with Crippen LogP contribution in [-0.2, 0) is 0 Å². The summed E-state index contributed by atoms with van der Waals surface area (Å²) in [6, 6.07) is 1.97. The van der Waals surface area contributed by atoms with E-state index in [-0.39, 0.29) is 16.5 Å². The van der Waals surface area contributed by atoms with E-state index < -0.39 is 0 Å². The summed E-state index contributed by atoms with van der Waals surface area (Å²) in [5, 5.41) is 11.1. The molecule has 0 unspecified atom stereocenters. The molecule has 0 fully saturated rings. The molecule has 0 bridgehead atoms. The molecule has 0 amide bonds. The van der Waals surface area contributed by atoms with Gasteiger partial charge in [0, 0.05) is 6.54 Å². The summed E-state index contributed by atoms with van der Waals surface area (Å²) >= 11 is 11.0. The number of halogens is 2. The molecule has 0 aliphatic carbocycles. The molecule has 7 heteroatoms. The first-order valence-corrected chi connectivity index (χ1v) is 4.16. The minimum absolute atomic E-state index is 0.0273. The number of hydrogen-bond donors (Lipinski definition) is 1. The van der Waals surface area contributed by atoms with Gasteiger partial charge in [-0.15, -0.1) is 0 Å². The first-order valence-electron chi connectivity index (χ1n) is 3.40. The highest BCUT2D eigenvalue weighted by Gasteiger charge is 2.01. The highest BCUT2D eigenvalue weighted by atomic mass is 35.5. The van der Waals surface area contributed by atoms with Crippen LogP contribution in [0.2, 0.25) is 10.6 Å². The minimum atomic E-state index is 0.0273. The van der Waals surface area contributed by atoms with E-state index in [9.17, 15) is 0 Å². The van der Waals surface area contributed by atoms with Gasteiger partial charge in [0.25, 0.3) is 0 Å². The normalized spacial score (nSPS) is 9.31. The Morgan fingerprint density at radius 1 is 1.23 bits per heavy atom. The SMILES string of the molecule is N#CCCNc1nc(Cl)nc(Cl)n1. The van der Waals surface area contributed by atoms with Crippen molar-refractivity contribution in [2.75, 3.05) is 11.9 Å². The van der Waals surface area contributed by atoms with Crippen LogP contribution in [0.25, 0.3) is 0 Å². The van der Waals surface area contributed by atoms with Crippen LogP contribution in [0.15, 0.2) is 0 Å². The number of nitrogens with zero attached hydrogens (tertiary/aromatic N) is 4. The molecule has 1 aromatic heterocycles. The van der Waals surface area contributed by atoms with Gasteiger partial charge < -0.3 is 5.32 Å². The highest BCUT2D eigenvalue weighted by Crippen LogP contribution is 2.08. The van der Waals surface area contributed by atoms with Gasteiger partial charge in [0.1, 0.15) is 0 Å². The minimum Gasteiger partial charge on any atom is -0.353 e. The van der Waals surface area contributed by atoms with Gasteiger partial charge in [-0.05, 0) is 23.2 Å². The van der Waals surface area contributed by atoms with Crippen molar-refractivity contribution in [3.05, 3.63) is 10.6 Å². The fourth-order valence-electron chi connectivity index (χ4n) is 0.635. The first-order chi connectivity index (χ1) is 6.22. The summed E-state index contributed by atoms with van der Waals surface area (Å²) in [7, 11) is 0. The quantitative estimate of drug-likeness (QED) is 0.778. The molecular formula is C6H5Cl2N5. The van der Waals surface area contributed by atoms with Crippen molar-refractivity contribution in [1.29, 1.82) is 5.26 Å². The largest absolute Gasteiger partial charge is 0.353 e. The third-order valence-corrected chi connectivity index (χ3v) is 1.44. The summed E-state index contributed by atoms with van der Waals surface area (Å²) in [4.78, 5) is 11.1. The van der Waals surface area contributed by atoms with E-state index in [0.717, 1.165) is 0 Å². The lowest BCUT2D eigenvalue weighted by Gasteiger charge is -2.00. The summed E-state index contributed by atoms with van der Waals surface area (Å²) in [5.74, 6) is 0.278. The second-order valence-corrected chi connectivity index (χ2v) is 2.71. The van der Waals surface area contributed by atoms with Gasteiger partial charge >= 0.3 is 0 Å². The summed E-state index contributed by atoms with van der Waals surface area (Å²) in [6.07, 6.45) is 0.362. The molecule has 0 atom stereocenters. The molecule has 0 aromatic carbocycles. The molecule has 13 heavy (non-hydrogen) atoms. The van der Waals surface area contributed by atoms with E-state index in [1.54, 1.807) is 0 Å². The zero-order valence-electron chi connectivity index (χ0n) is 6.46. The average Bonchev–Trinajstić information content (AvgIpc) is 2.03. The van der Waals surface area contributed by atoms with Crippen LogP contribution < -0.4 is 5.32 Å². The number of hydrogen-bond acceptors (Lipinski definition) is 5. The van der Waals surface area contributed by atoms with Crippen molar-refractivity contribution in [2.24, 2.45) is 0 Å². The van der Waals surface area contributed by atoms with Crippen LogP contribution in [0.5, 0.6) is 0 Å². The number of nitriles is 1. The topological polar surface area (TPSA) is 74.5 Å². The smallest absolute Gasteiger partial charge is 0.228 e. The molecule has 0 saturated carbocycles. The lowest BCUT2D eigenvalue weighted by Crippen LogP contribution is -2.05. The van der Waals surface area contributed by atoms with Crippen molar-refractivity contribution in [2.45, 2.75) is 6.42 Å². The van der Waals surface area contributed by atoms with Crippen molar-refractivity contribution in [1.82, 2.24) is 15.0 Å². The van der Waals surface area contributed by atoms with E-state index >= 15 is 0 Å². The fourth-order valence-corrected chi connectivity index (χ4v) is 0.999. The molecule has 5 nitrogen and oxygen atoms in total. The molecule has 1 heterocycles. The molecule has 68 valence electrons. The Hall–Kier alpha value is -1.12. The van der Waals surface area contributed by atoms with E-state index in [2.05, 4.69) is 20.3 Å². The maximum absolute atomic E-state index is 8.26. The monoisotopic (exact) mass is 217 g/mol. The molecule has 0 spiro atoms. The summed E-state index contributed by atoms with van der Waals surface area (Å²) in [6.45, 7) is 0.452. The molecule has 0 aliphatic rings. The molecule has 1 rings (SSSR count). The van der Waals surface area contributed by atoms with Crippen LogP contribution >= 0.6 is 23.2 Å². The van der Waals surface area contributed by atoms with Gasteiger partial charge in [-0.25, -0.2) is 0 Å². The number of aromatic nitrogens is 3. The fraction of sp³-hybridized carbons (Fsp3) is 0.333. The van der Waals surface area contributed by atoms with E-state index in [0.29, 0.717) is 13.0 Å². The standard InChI is InChI=1S/C6H5Cl2N5/c7-4-11-5(8)13-6(12-4)10-3-1-2-9/h1,3H2,(H,10,11,12,13). The van der Waals surface area contributed by atoms with Crippen molar-refractivity contribution in [3.8, 4) is 6.07 Å². The number of nitrogens with one attached hydrogen (secondary N) is 1. The molecular weight excluding hydrogens is 213 g/mol. The maximum atomic E-state index is 8.26. The van der Waals surface area contributed by atoms with Crippen LogP contribution in [-0.4, -0.2) is 21.5 Å². The Balaban J connectivity index is 2.62. The highest BCUT2D eigenvalue weighted by molar-refractivity contribution is 6.31. The van der Waals surface area contributed by atoms with Crippen LogP contribution in [0.3, 0.4) is 0 Å². The third kappa shape index (κ3) is 3.40. The second kappa shape index (κ2) is 4.80. The van der Waals surface area contributed by atoms with Crippen LogP contribution in [0.4, 0.5) is 5.95 Å². The number of rotatable bonds is 3. The Morgan fingerprint density at radius 2 is 1.85 bits per heavy atom. The lowest BCUT2D eigenvalue weighted by molar-refractivity contribution is 0.987. The van der Waals surface area contributed by atoms with Gasteiger partial charge in [0.2, 0.25) is 16.5 Å². The van der Waals surface area contributed by atoms with Crippen LogP contribution in [0, 0.1) is 11.3 Å². The van der Waals surface area contributed by atoms with E-state index in [1.165, 1.54) is 0 Å². The van der Waals surface area contributed by atoms with E-state index in [4.69, 9.17) is 28.5 Å². The molecule has 1 N–H and O–H groups in total. The predicted molar refractivity (Wildman–Crippen MR) is 48.6 cm³/mol. The van der Waals surface area contributed by atoms with Gasteiger partial charge in [0.15, 0.2) is 0 Å². The third-order valence-electron chi connectivity index (χ3n) is 1.10. The van der Waals surface area contributed by atoms with Gasteiger partial charge in [-0.2, -0.15) is 20.2 Å². The Kier molecular flexibility index (Phi) is 3.68. The summed E-state index contributed by atoms with van der Waals surface area (Å²) < 4.78 is 0. The van der Waals surface area contributed by atoms with Gasteiger partial charge in [0.05, 0.1) is 12.5 Å². The Morgan fingerprint density at radius 3 is 2.38 bits per heavy atom. The molecule has 0 radical (unpaired) electrons. The van der Waals surface area contributed by atoms with Gasteiger partial charge in [-0.3, -0.25) is 0 Å². The second-order valence-electron chi connectivity index (χ2n) is 2.03. The van der Waals surface area contributed by atoms with Crippen molar-refractivity contribution in [3.63, 3.8) is 0 Å². The van der Waals surface area contributed by atoms with Crippen LogP contribution in [0.1, 0.15) is 6.42 Å². The zero-order chi connectivity index (χ0) is 9.68. The maximum Gasteiger partial charge on any atom is 0.228 e. The number of anilines is 1. The van der Waals surface area contributed by atoms with Crippen molar-refractivity contribution >= 4 is 29.2 Å². The average molecular weight is 218 g/mol. The molecule has 0 saturated heterocycles. The van der Waals surface area contributed by atoms with E-state index in [1.807, 2.05) is 6.07 Å². The summed E-state index contributed by atoms with van der Waals surface area (Å²) in [5.41, 5.74) is 0. The zero-order valence-corrected chi connectivity index (χ0v) is 7.97. The lowest BCUT2D eigenvalue weighted by atomic mass is 10.5. The van der Waals surface area contributed by atoms with Gasteiger partial charge in [-0.1, -0.05) is 0 Å². The Labute approximate surface area is 84.7 Å². The Bertz CT molecular complexity index is 314. The predicted octanol–water partition coefficient (Wildman–Crippen LogP) is 1.50. The molecule has 1 aromatic rings. The van der Waals surface area contributed by atoms with Crippen molar-refractivity contribution < 1.29 is 0 Å². The molecule has 0 aliphatic heterocycles.